The summed E-state index contributed by atoms with van der Waals surface area (Å²) < 4.78 is 11.3. The van der Waals surface area contributed by atoms with Gasteiger partial charge in [0, 0.05) is 6.54 Å². The zero-order valence-corrected chi connectivity index (χ0v) is 20.1. The van der Waals surface area contributed by atoms with Gasteiger partial charge in [0.1, 0.15) is 6.04 Å². The SMILES string of the molecule is COc1ccc(/C=N/N2CCCCC2C(=O)Nc2c(Cl)cccc2Cl)cc1OCC(C)C. The number of piperidine rings is 1. The molecule has 1 unspecified atom stereocenters. The van der Waals surface area contributed by atoms with Crippen LogP contribution in [-0.2, 0) is 4.79 Å². The van der Waals surface area contributed by atoms with Crippen LogP contribution >= 0.6 is 23.2 Å². The number of hydrogen-bond acceptors (Lipinski definition) is 5. The van der Waals surface area contributed by atoms with E-state index in [0.29, 0.717) is 52.7 Å². The molecule has 6 nitrogen and oxygen atoms in total. The molecular weight excluding hydrogens is 449 g/mol. The summed E-state index contributed by atoms with van der Waals surface area (Å²) in [5.41, 5.74) is 1.29. The van der Waals surface area contributed by atoms with Crippen LogP contribution in [0.2, 0.25) is 10.0 Å². The van der Waals surface area contributed by atoms with E-state index in [1.54, 1.807) is 31.5 Å². The molecule has 0 radical (unpaired) electrons. The smallest absolute Gasteiger partial charge is 0.248 e. The third-order valence-electron chi connectivity index (χ3n) is 5.10. The first-order chi connectivity index (χ1) is 15.4. The first-order valence-corrected chi connectivity index (χ1v) is 11.5. The summed E-state index contributed by atoms with van der Waals surface area (Å²) in [5, 5.41) is 10.1. The normalized spacial score (nSPS) is 16.4. The van der Waals surface area contributed by atoms with Crippen LogP contribution < -0.4 is 14.8 Å². The average molecular weight is 478 g/mol. The number of anilines is 1. The molecule has 0 spiro atoms. The van der Waals surface area contributed by atoms with Crippen molar-refractivity contribution in [1.29, 1.82) is 0 Å². The topological polar surface area (TPSA) is 63.2 Å². The van der Waals surface area contributed by atoms with Gasteiger partial charge in [-0.25, -0.2) is 0 Å². The van der Waals surface area contributed by atoms with Gasteiger partial charge >= 0.3 is 0 Å². The average Bonchev–Trinajstić information content (AvgIpc) is 2.79. The Kier molecular flexibility index (Phi) is 8.65. The standard InChI is InChI=1S/C24H29Cl2N3O3/c1-16(2)15-32-22-13-17(10-11-21(22)31-3)14-27-29-12-5-4-9-20(29)24(30)28-23-18(25)7-6-8-19(23)26/h6-8,10-11,13-14,16,20H,4-5,9,12,15H2,1-3H3,(H,28,30)/b27-14+. The number of rotatable bonds is 8. The lowest BCUT2D eigenvalue weighted by Crippen LogP contribution is -2.44. The lowest BCUT2D eigenvalue weighted by atomic mass is 10.0. The molecule has 2 aromatic carbocycles. The van der Waals surface area contributed by atoms with Crippen molar-refractivity contribution in [2.24, 2.45) is 11.0 Å². The zero-order valence-electron chi connectivity index (χ0n) is 18.6. The summed E-state index contributed by atoms with van der Waals surface area (Å²) in [5.74, 6) is 1.57. The number of nitrogens with one attached hydrogen (secondary N) is 1. The Morgan fingerprint density at radius 1 is 1.22 bits per heavy atom. The Labute approximate surface area is 199 Å². The quantitative estimate of drug-likeness (QED) is 0.483. The van der Waals surface area contributed by atoms with Gasteiger partial charge in [0.15, 0.2) is 11.5 Å². The Hall–Kier alpha value is -2.44. The van der Waals surface area contributed by atoms with E-state index in [1.807, 2.05) is 23.2 Å². The molecule has 1 amide bonds. The predicted molar refractivity (Wildman–Crippen MR) is 130 cm³/mol. The van der Waals surface area contributed by atoms with Crippen molar-refractivity contribution in [3.05, 3.63) is 52.0 Å². The summed E-state index contributed by atoms with van der Waals surface area (Å²) in [6.45, 7) is 5.47. The van der Waals surface area contributed by atoms with E-state index in [-0.39, 0.29) is 5.91 Å². The fourth-order valence-corrected chi connectivity index (χ4v) is 3.92. The van der Waals surface area contributed by atoms with Crippen LogP contribution in [0, 0.1) is 5.92 Å². The zero-order chi connectivity index (χ0) is 23.1. The number of nitrogens with zero attached hydrogens (tertiary/aromatic N) is 2. The monoisotopic (exact) mass is 477 g/mol. The Balaban J connectivity index is 1.74. The maximum absolute atomic E-state index is 13.0. The van der Waals surface area contributed by atoms with Gasteiger partial charge in [-0.05, 0) is 61.1 Å². The Morgan fingerprint density at radius 2 is 1.97 bits per heavy atom. The van der Waals surface area contributed by atoms with Crippen LogP contribution in [0.3, 0.4) is 0 Å². The van der Waals surface area contributed by atoms with E-state index in [1.165, 1.54) is 0 Å². The molecular formula is C24H29Cl2N3O3. The van der Waals surface area contributed by atoms with Crippen LogP contribution in [0.25, 0.3) is 0 Å². The van der Waals surface area contributed by atoms with Gasteiger partial charge in [0.25, 0.3) is 0 Å². The molecule has 0 aromatic heterocycles. The van der Waals surface area contributed by atoms with Crippen molar-refractivity contribution in [2.75, 3.05) is 25.6 Å². The summed E-state index contributed by atoms with van der Waals surface area (Å²) in [4.78, 5) is 13.0. The highest BCUT2D eigenvalue weighted by Crippen LogP contribution is 2.31. The summed E-state index contributed by atoms with van der Waals surface area (Å²) in [6.07, 6.45) is 4.38. The number of carbonyl (C=O) groups is 1. The molecule has 1 N–H and O–H groups in total. The van der Waals surface area contributed by atoms with Crippen molar-refractivity contribution in [1.82, 2.24) is 5.01 Å². The fraction of sp³-hybridized carbons (Fsp3) is 0.417. The lowest BCUT2D eigenvalue weighted by molar-refractivity contribution is -0.122. The van der Waals surface area contributed by atoms with E-state index in [9.17, 15) is 4.79 Å². The third-order valence-corrected chi connectivity index (χ3v) is 5.73. The second-order valence-electron chi connectivity index (χ2n) is 8.12. The first-order valence-electron chi connectivity index (χ1n) is 10.8. The number of hydrazone groups is 1. The number of carbonyl (C=O) groups excluding carboxylic acids is 1. The maximum atomic E-state index is 13.0. The number of para-hydroxylation sites is 1. The molecule has 1 atom stereocenters. The van der Waals surface area contributed by atoms with Crippen LogP contribution in [-0.4, -0.2) is 43.4 Å². The number of amides is 1. The molecule has 0 aliphatic carbocycles. The van der Waals surface area contributed by atoms with E-state index in [2.05, 4.69) is 24.3 Å². The van der Waals surface area contributed by atoms with Gasteiger partial charge in [0.2, 0.25) is 5.91 Å². The van der Waals surface area contributed by atoms with E-state index >= 15 is 0 Å². The van der Waals surface area contributed by atoms with E-state index in [0.717, 1.165) is 18.4 Å². The molecule has 1 aliphatic heterocycles. The molecule has 1 heterocycles. The van der Waals surface area contributed by atoms with Crippen LogP contribution in [0.5, 0.6) is 11.5 Å². The molecule has 1 fully saturated rings. The number of benzene rings is 2. The lowest BCUT2D eigenvalue weighted by Gasteiger charge is -2.32. The van der Waals surface area contributed by atoms with Gasteiger partial charge in [-0.3, -0.25) is 9.80 Å². The van der Waals surface area contributed by atoms with Crippen molar-refractivity contribution >= 4 is 41.0 Å². The number of ether oxygens (including phenoxy) is 2. The summed E-state index contributed by atoms with van der Waals surface area (Å²) in [7, 11) is 1.62. The van der Waals surface area contributed by atoms with E-state index < -0.39 is 6.04 Å². The van der Waals surface area contributed by atoms with Crippen LogP contribution in [0.15, 0.2) is 41.5 Å². The number of methoxy groups -OCH3 is 1. The second kappa shape index (κ2) is 11.4. The summed E-state index contributed by atoms with van der Waals surface area (Å²) in [6, 6.07) is 10.4. The molecule has 0 bridgehead atoms. The minimum Gasteiger partial charge on any atom is -0.493 e. The largest absolute Gasteiger partial charge is 0.493 e. The van der Waals surface area contributed by atoms with Crippen molar-refractivity contribution < 1.29 is 14.3 Å². The minimum absolute atomic E-state index is 0.174. The molecule has 32 heavy (non-hydrogen) atoms. The van der Waals surface area contributed by atoms with Gasteiger partial charge in [-0.2, -0.15) is 5.10 Å². The molecule has 3 rings (SSSR count). The van der Waals surface area contributed by atoms with E-state index in [4.69, 9.17) is 32.7 Å². The Bertz CT molecular complexity index is 945. The number of hydrogen-bond donors (Lipinski definition) is 1. The van der Waals surface area contributed by atoms with Gasteiger partial charge < -0.3 is 14.8 Å². The molecule has 1 saturated heterocycles. The highest BCUT2D eigenvalue weighted by atomic mass is 35.5. The van der Waals surface area contributed by atoms with Crippen molar-refractivity contribution in [2.45, 2.75) is 39.2 Å². The first kappa shape index (κ1) is 24.2. The van der Waals surface area contributed by atoms with Crippen molar-refractivity contribution in [3.8, 4) is 11.5 Å². The Morgan fingerprint density at radius 3 is 2.66 bits per heavy atom. The maximum Gasteiger partial charge on any atom is 0.248 e. The highest BCUT2D eigenvalue weighted by Gasteiger charge is 2.28. The summed E-state index contributed by atoms with van der Waals surface area (Å²) >= 11 is 12.4. The van der Waals surface area contributed by atoms with Gasteiger partial charge in [-0.15, -0.1) is 0 Å². The highest BCUT2D eigenvalue weighted by molar-refractivity contribution is 6.39. The van der Waals surface area contributed by atoms with Gasteiger partial charge in [0.05, 0.1) is 35.7 Å². The second-order valence-corrected chi connectivity index (χ2v) is 8.93. The van der Waals surface area contributed by atoms with Crippen LogP contribution in [0.1, 0.15) is 38.7 Å². The third kappa shape index (κ3) is 6.30. The molecule has 1 aliphatic rings. The van der Waals surface area contributed by atoms with Crippen LogP contribution in [0.4, 0.5) is 5.69 Å². The molecule has 172 valence electrons. The molecule has 2 aromatic rings. The van der Waals surface area contributed by atoms with Gasteiger partial charge in [-0.1, -0.05) is 43.1 Å². The molecule has 0 saturated carbocycles. The molecule has 8 heteroatoms. The number of halogens is 2. The fourth-order valence-electron chi connectivity index (χ4n) is 3.43. The van der Waals surface area contributed by atoms with Crippen molar-refractivity contribution in [3.63, 3.8) is 0 Å². The predicted octanol–water partition coefficient (Wildman–Crippen LogP) is 5.86. The minimum atomic E-state index is -0.401.